The van der Waals surface area contributed by atoms with Gasteiger partial charge in [-0.2, -0.15) is 18.4 Å². The van der Waals surface area contributed by atoms with E-state index in [9.17, 15) is 22.4 Å². The van der Waals surface area contributed by atoms with Gasteiger partial charge < -0.3 is 14.7 Å². The molecule has 0 aliphatic heterocycles. The lowest BCUT2D eigenvalue weighted by Crippen LogP contribution is -2.45. The summed E-state index contributed by atoms with van der Waals surface area (Å²) < 4.78 is 56.3. The summed E-state index contributed by atoms with van der Waals surface area (Å²) in [6, 6.07) is 4.41. The fourth-order valence-electron chi connectivity index (χ4n) is 2.06. The number of nitriles is 1. The number of carbonyl (C=O) groups is 1. The molecule has 0 fully saturated rings. The van der Waals surface area contributed by atoms with Crippen LogP contribution in [0.4, 0.5) is 28.2 Å². The second kappa shape index (κ2) is 9.16. The standard InChI is InChI=1S/C17H15F4N5O3/c1-2-26(9-13(27)17(19,20)21)16(28)25-14-7-24-15(8-23-14)29-12-4-3-10(6-22)5-11(12)18/h3-5,7-8,13,27H,2,9H2,1H3,(H,23,25,28)/t13-/m1/s1. The second-order valence-electron chi connectivity index (χ2n) is 5.63. The zero-order valence-corrected chi connectivity index (χ0v) is 14.9. The number of hydrogen-bond donors (Lipinski definition) is 2. The van der Waals surface area contributed by atoms with Crippen molar-refractivity contribution in [3.63, 3.8) is 0 Å². The molecule has 0 radical (unpaired) electrons. The molecule has 1 heterocycles. The first-order valence-corrected chi connectivity index (χ1v) is 8.14. The van der Waals surface area contributed by atoms with Gasteiger partial charge in [-0.25, -0.2) is 19.2 Å². The molecule has 2 N–H and O–H groups in total. The summed E-state index contributed by atoms with van der Waals surface area (Å²) in [7, 11) is 0. The predicted molar refractivity (Wildman–Crippen MR) is 91.5 cm³/mol. The highest BCUT2D eigenvalue weighted by molar-refractivity contribution is 5.88. The zero-order chi connectivity index (χ0) is 21.6. The van der Waals surface area contributed by atoms with Gasteiger partial charge in [0.2, 0.25) is 5.88 Å². The van der Waals surface area contributed by atoms with E-state index in [1.54, 1.807) is 6.07 Å². The molecule has 0 saturated heterocycles. The van der Waals surface area contributed by atoms with Crippen molar-refractivity contribution in [1.29, 1.82) is 5.26 Å². The number of ether oxygens (including phenoxy) is 1. The van der Waals surface area contributed by atoms with Gasteiger partial charge in [0.15, 0.2) is 23.5 Å². The number of aliphatic hydroxyl groups is 1. The summed E-state index contributed by atoms with van der Waals surface area (Å²) in [5.74, 6) is -1.20. The second-order valence-corrected chi connectivity index (χ2v) is 5.63. The minimum Gasteiger partial charge on any atom is -0.434 e. The van der Waals surface area contributed by atoms with Gasteiger partial charge in [-0.1, -0.05) is 0 Å². The smallest absolute Gasteiger partial charge is 0.416 e. The van der Waals surface area contributed by atoms with Crippen molar-refractivity contribution in [2.75, 3.05) is 18.4 Å². The molecule has 0 bridgehead atoms. The van der Waals surface area contributed by atoms with Crippen LogP contribution in [-0.4, -0.2) is 51.4 Å². The number of rotatable bonds is 6. The van der Waals surface area contributed by atoms with Gasteiger partial charge in [0.25, 0.3) is 0 Å². The molecule has 2 rings (SSSR count). The van der Waals surface area contributed by atoms with E-state index in [0.29, 0.717) is 0 Å². The lowest BCUT2D eigenvalue weighted by Gasteiger charge is -2.25. The van der Waals surface area contributed by atoms with E-state index >= 15 is 0 Å². The summed E-state index contributed by atoms with van der Waals surface area (Å²) in [5.41, 5.74) is 0.107. The number of carbonyl (C=O) groups excluding carboxylic acids is 1. The number of hydrogen-bond acceptors (Lipinski definition) is 6. The Hall–Kier alpha value is -3.46. The minimum absolute atomic E-state index is 0.0917. The largest absolute Gasteiger partial charge is 0.434 e. The Kier molecular flexibility index (Phi) is 6.89. The molecule has 1 atom stereocenters. The Morgan fingerprint density at radius 1 is 1.38 bits per heavy atom. The highest BCUT2D eigenvalue weighted by atomic mass is 19.4. The highest BCUT2D eigenvalue weighted by Crippen LogP contribution is 2.24. The van der Waals surface area contributed by atoms with Crippen LogP contribution in [0.15, 0.2) is 30.6 Å². The number of nitrogens with one attached hydrogen (secondary N) is 1. The number of alkyl halides is 3. The first-order chi connectivity index (χ1) is 13.6. The molecule has 0 spiro atoms. The van der Waals surface area contributed by atoms with Gasteiger partial charge in [-0.15, -0.1) is 0 Å². The highest BCUT2D eigenvalue weighted by Gasteiger charge is 2.39. The van der Waals surface area contributed by atoms with E-state index in [2.05, 4.69) is 15.3 Å². The SMILES string of the molecule is CCN(C[C@@H](O)C(F)(F)F)C(=O)Nc1cnc(Oc2ccc(C#N)cc2F)cn1. The van der Waals surface area contributed by atoms with Crippen LogP contribution in [0.3, 0.4) is 0 Å². The Labute approximate surface area is 162 Å². The monoisotopic (exact) mass is 413 g/mol. The summed E-state index contributed by atoms with van der Waals surface area (Å²) in [6.07, 6.45) is -5.42. The lowest BCUT2D eigenvalue weighted by molar-refractivity contribution is -0.206. The van der Waals surface area contributed by atoms with Crippen LogP contribution in [0.5, 0.6) is 11.6 Å². The molecular formula is C17H15F4N5O3. The van der Waals surface area contributed by atoms with Crippen molar-refractivity contribution in [2.24, 2.45) is 0 Å². The summed E-state index contributed by atoms with van der Waals surface area (Å²) in [4.78, 5) is 20.4. The number of urea groups is 1. The van der Waals surface area contributed by atoms with E-state index in [-0.39, 0.29) is 29.6 Å². The normalized spacial score (nSPS) is 12.0. The molecular weight excluding hydrogens is 398 g/mol. The Balaban J connectivity index is 2.01. The molecule has 0 unspecified atom stereocenters. The third-order valence-corrected chi connectivity index (χ3v) is 3.58. The molecule has 154 valence electrons. The average molecular weight is 413 g/mol. The van der Waals surface area contributed by atoms with Gasteiger partial charge in [-0.3, -0.25) is 5.32 Å². The Morgan fingerprint density at radius 2 is 2.10 bits per heavy atom. The van der Waals surface area contributed by atoms with Gasteiger partial charge >= 0.3 is 12.2 Å². The Morgan fingerprint density at radius 3 is 2.62 bits per heavy atom. The van der Waals surface area contributed by atoms with Crippen molar-refractivity contribution in [1.82, 2.24) is 14.9 Å². The number of benzene rings is 1. The van der Waals surface area contributed by atoms with Gasteiger partial charge in [0.05, 0.1) is 30.6 Å². The van der Waals surface area contributed by atoms with Crippen LogP contribution in [0.1, 0.15) is 12.5 Å². The molecule has 29 heavy (non-hydrogen) atoms. The van der Waals surface area contributed by atoms with Crippen LogP contribution >= 0.6 is 0 Å². The van der Waals surface area contributed by atoms with Crippen molar-refractivity contribution < 1.29 is 32.2 Å². The molecule has 2 aromatic rings. The van der Waals surface area contributed by atoms with E-state index in [1.165, 1.54) is 19.1 Å². The van der Waals surface area contributed by atoms with Crippen molar-refractivity contribution in [2.45, 2.75) is 19.2 Å². The first kappa shape index (κ1) is 21.8. The quantitative estimate of drug-likeness (QED) is 0.704. The van der Waals surface area contributed by atoms with Crippen LogP contribution in [0.25, 0.3) is 0 Å². The molecule has 0 aliphatic rings. The number of anilines is 1. The number of amides is 2. The number of nitrogens with zero attached hydrogens (tertiary/aromatic N) is 4. The minimum atomic E-state index is -4.85. The van der Waals surface area contributed by atoms with Gasteiger partial charge in [0, 0.05) is 6.54 Å². The topological polar surface area (TPSA) is 111 Å². The average Bonchev–Trinajstić information content (AvgIpc) is 2.67. The third-order valence-electron chi connectivity index (χ3n) is 3.58. The first-order valence-electron chi connectivity index (χ1n) is 8.14. The fourth-order valence-corrected chi connectivity index (χ4v) is 2.06. The zero-order valence-electron chi connectivity index (χ0n) is 14.9. The number of aliphatic hydroxyl groups excluding tert-OH is 1. The lowest BCUT2D eigenvalue weighted by atomic mass is 10.2. The summed E-state index contributed by atoms with van der Waals surface area (Å²) >= 11 is 0. The summed E-state index contributed by atoms with van der Waals surface area (Å²) in [6.45, 7) is 0.404. The van der Waals surface area contributed by atoms with E-state index in [1.807, 2.05) is 0 Å². The maximum atomic E-state index is 13.8. The molecule has 0 saturated carbocycles. The van der Waals surface area contributed by atoms with Crippen molar-refractivity contribution >= 4 is 11.8 Å². The van der Waals surface area contributed by atoms with Crippen LogP contribution in [0.2, 0.25) is 0 Å². The maximum absolute atomic E-state index is 13.8. The van der Waals surface area contributed by atoms with Crippen molar-refractivity contribution in [3.05, 3.63) is 42.0 Å². The molecule has 8 nitrogen and oxygen atoms in total. The number of likely N-dealkylation sites (N-methyl/N-ethyl adjacent to an activating group) is 1. The fraction of sp³-hybridized carbons (Fsp3) is 0.294. The molecule has 12 heteroatoms. The van der Waals surface area contributed by atoms with Crippen LogP contribution < -0.4 is 10.1 Å². The maximum Gasteiger partial charge on any atom is 0.416 e. The van der Waals surface area contributed by atoms with E-state index in [4.69, 9.17) is 15.1 Å². The van der Waals surface area contributed by atoms with Crippen LogP contribution in [-0.2, 0) is 0 Å². The molecule has 2 amide bonds. The van der Waals surface area contributed by atoms with E-state index in [0.717, 1.165) is 23.4 Å². The van der Waals surface area contributed by atoms with Crippen LogP contribution in [0, 0.1) is 17.1 Å². The van der Waals surface area contributed by atoms with E-state index < -0.39 is 30.7 Å². The molecule has 1 aromatic heterocycles. The van der Waals surface area contributed by atoms with Gasteiger partial charge in [0.1, 0.15) is 0 Å². The Bertz CT molecular complexity index is 899. The number of halogens is 4. The van der Waals surface area contributed by atoms with Gasteiger partial charge in [-0.05, 0) is 25.1 Å². The third kappa shape index (κ3) is 6.01. The molecule has 0 aliphatic carbocycles. The molecule has 1 aromatic carbocycles. The predicted octanol–water partition coefficient (Wildman–Crippen LogP) is 3.06. The number of aromatic nitrogens is 2. The van der Waals surface area contributed by atoms with Crippen molar-refractivity contribution in [3.8, 4) is 17.7 Å². The summed E-state index contributed by atoms with van der Waals surface area (Å²) in [5, 5.41) is 20.0.